The summed E-state index contributed by atoms with van der Waals surface area (Å²) in [5, 5.41) is 11.6. The number of halogens is 1. The molecule has 25 heavy (non-hydrogen) atoms. The Morgan fingerprint density at radius 1 is 1.36 bits per heavy atom. The molecule has 0 amide bonds. The highest BCUT2D eigenvalue weighted by molar-refractivity contribution is 6.31. The van der Waals surface area contributed by atoms with E-state index in [9.17, 15) is 4.79 Å². The molecule has 3 aromatic rings. The van der Waals surface area contributed by atoms with Crippen LogP contribution in [-0.2, 0) is 6.42 Å². The third kappa shape index (κ3) is 3.01. The Morgan fingerprint density at radius 3 is 3.00 bits per heavy atom. The summed E-state index contributed by atoms with van der Waals surface area (Å²) in [6.45, 7) is 1.60. The fraction of sp³-hybridized carbons (Fsp3) is 0.353. The van der Waals surface area contributed by atoms with Crippen molar-refractivity contribution in [3.8, 4) is 0 Å². The number of benzene rings is 1. The highest BCUT2D eigenvalue weighted by Gasteiger charge is 2.25. The molecule has 0 spiro atoms. The molecule has 3 heterocycles. The summed E-state index contributed by atoms with van der Waals surface area (Å²) in [5.74, 6) is 0.786. The molecule has 3 N–H and O–H groups in total. The van der Waals surface area contributed by atoms with Crippen molar-refractivity contribution in [2.75, 3.05) is 18.0 Å². The Hall–Kier alpha value is -2.38. The molecule has 1 fully saturated rings. The number of aromatic amines is 1. The van der Waals surface area contributed by atoms with Crippen LogP contribution in [0.25, 0.3) is 5.52 Å². The van der Waals surface area contributed by atoms with Crippen molar-refractivity contribution in [1.82, 2.24) is 19.8 Å². The van der Waals surface area contributed by atoms with Crippen LogP contribution in [0.2, 0.25) is 5.02 Å². The van der Waals surface area contributed by atoms with Crippen molar-refractivity contribution in [2.24, 2.45) is 5.73 Å². The quantitative estimate of drug-likeness (QED) is 0.741. The molecule has 2 aromatic heterocycles. The molecule has 1 atom stereocenters. The first-order valence-electron chi connectivity index (χ1n) is 8.32. The molecular weight excluding hydrogens is 340 g/mol. The van der Waals surface area contributed by atoms with Crippen molar-refractivity contribution in [1.29, 1.82) is 0 Å². The minimum absolute atomic E-state index is 0.114. The Labute approximate surface area is 149 Å². The Kier molecular flexibility index (Phi) is 4.19. The zero-order valence-corrected chi connectivity index (χ0v) is 14.4. The van der Waals surface area contributed by atoms with E-state index in [1.165, 1.54) is 6.33 Å². The molecular formula is C17H19ClN6O. The Morgan fingerprint density at radius 2 is 2.20 bits per heavy atom. The maximum Gasteiger partial charge on any atom is 0.290 e. The number of piperidine rings is 1. The molecule has 1 aliphatic heterocycles. The summed E-state index contributed by atoms with van der Waals surface area (Å²) in [4.78, 5) is 14.5. The predicted octanol–water partition coefficient (Wildman–Crippen LogP) is 1.59. The predicted molar refractivity (Wildman–Crippen MR) is 97.3 cm³/mol. The van der Waals surface area contributed by atoms with Gasteiger partial charge in [-0.15, -0.1) is 5.10 Å². The van der Waals surface area contributed by atoms with Gasteiger partial charge in [0.25, 0.3) is 5.56 Å². The summed E-state index contributed by atoms with van der Waals surface area (Å²) in [6, 6.07) is 7.76. The normalized spacial score (nSPS) is 18.0. The smallest absolute Gasteiger partial charge is 0.290 e. The number of hydrogen-bond donors (Lipinski definition) is 2. The van der Waals surface area contributed by atoms with Gasteiger partial charge in [0.1, 0.15) is 11.8 Å². The summed E-state index contributed by atoms with van der Waals surface area (Å²) in [5.41, 5.74) is 8.19. The summed E-state index contributed by atoms with van der Waals surface area (Å²) < 4.78 is 1.54. The first kappa shape index (κ1) is 16.1. The second-order valence-electron chi connectivity index (χ2n) is 6.40. The van der Waals surface area contributed by atoms with Gasteiger partial charge in [-0.25, -0.2) is 9.61 Å². The molecule has 0 saturated carbocycles. The average molecular weight is 359 g/mol. The van der Waals surface area contributed by atoms with E-state index in [1.807, 2.05) is 24.3 Å². The second-order valence-corrected chi connectivity index (χ2v) is 6.80. The van der Waals surface area contributed by atoms with Crippen LogP contribution < -0.4 is 16.2 Å². The SMILES string of the molecule is N[C@@H]1CCCN(c2nn3cn[nH]c(=O)c3c2Cc2ccccc2Cl)C1. The fourth-order valence-corrected chi connectivity index (χ4v) is 3.63. The van der Waals surface area contributed by atoms with Gasteiger partial charge in [-0.3, -0.25) is 4.79 Å². The van der Waals surface area contributed by atoms with Gasteiger partial charge in [0.05, 0.1) is 0 Å². The maximum atomic E-state index is 12.4. The molecule has 8 heteroatoms. The molecule has 1 saturated heterocycles. The first-order chi connectivity index (χ1) is 12.1. The monoisotopic (exact) mass is 358 g/mol. The summed E-state index contributed by atoms with van der Waals surface area (Å²) in [7, 11) is 0. The molecule has 0 bridgehead atoms. The highest BCUT2D eigenvalue weighted by atomic mass is 35.5. The summed E-state index contributed by atoms with van der Waals surface area (Å²) in [6.07, 6.45) is 4.05. The molecule has 7 nitrogen and oxygen atoms in total. The van der Waals surface area contributed by atoms with Gasteiger partial charge in [0, 0.05) is 36.1 Å². The number of aromatic nitrogens is 4. The van der Waals surface area contributed by atoms with Crippen LogP contribution in [-0.4, -0.2) is 38.9 Å². The van der Waals surface area contributed by atoms with E-state index in [-0.39, 0.29) is 11.6 Å². The van der Waals surface area contributed by atoms with Crippen molar-refractivity contribution in [3.05, 3.63) is 57.1 Å². The van der Waals surface area contributed by atoms with Crippen molar-refractivity contribution in [2.45, 2.75) is 25.3 Å². The molecule has 1 aromatic carbocycles. The number of H-pyrrole nitrogens is 1. The van der Waals surface area contributed by atoms with Crippen LogP contribution in [0.4, 0.5) is 5.82 Å². The standard InChI is InChI=1S/C17H19ClN6O/c18-14-6-2-1-4-11(14)8-13-15-17(25)21-20-10-24(15)22-16(13)23-7-3-5-12(19)9-23/h1-2,4,6,10,12H,3,5,7-9,19H2,(H,21,25)/t12-/m1/s1. The number of anilines is 1. The largest absolute Gasteiger partial charge is 0.353 e. The van der Waals surface area contributed by atoms with E-state index in [0.29, 0.717) is 17.0 Å². The lowest BCUT2D eigenvalue weighted by Crippen LogP contribution is -2.43. The minimum Gasteiger partial charge on any atom is -0.353 e. The van der Waals surface area contributed by atoms with E-state index in [2.05, 4.69) is 20.2 Å². The zero-order valence-electron chi connectivity index (χ0n) is 13.7. The van der Waals surface area contributed by atoms with Crippen molar-refractivity contribution < 1.29 is 0 Å². The minimum atomic E-state index is -0.260. The molecule has 130 valence electrons. The van der Waals surface area contributed by atoms with E-state index in [4.69, 9.17) is 17.3 Å². The third-order valence-electron chi connectivity index (χ3n) is 4.62. The van der Waals surface area contributed by atoms with Crippen LogP contribution in [0.1, 0.15) is 24.0 Å². The highest BCUT2D eigenvalue weighted by Crippen LogP contribution is 2.29. The van der Waals surface area contributed by atoms with Crippen LogP contribution in [0.15, 0.2) is 35.4 Å². The lowest BCUT2D eigenvalue weighted by Gasteiger charge is -2.31. The second kappa shape index (κ2) is 6.50. The number of hydrogen-bond acceptors (Lipinski definition) is 5. The number of nitrogens with zero attached hydrogens (tertiary/aromatic N) is 4. The van der Waals surface area contributed by atoms with Crippen LogP contribution in [0, 0.1) is 0 Å². The van der Waals surface area contributed by atoms with E-state index in [1.54, 1.807) is 4.52 Å². The number of nitrogens with two attached hydrogens (primary N) is 1. The van der Waals surface area contributed by atoms with Crippen molar-refractivity contribution >= 4 is 22.9 Å². The number of nitrogens with one attached hydrogen (secondary N) is 1. The van der Waals surface area contributed by atoms with Gasteiger partial charge in [0.15, 0.2) is 5.82 Å². The number of fused-ring (bicyclic) bond motifs is 1. The molecule has 1 aliphatic rings. The topological polar surface area (TPSA) is 92.3 Å². The zero-order chi connectivity index (χ0) is 17.4. The van der Waals surface area contributed by atoms with E-state index in [0.717, 1.165) is 42.9 Å². The lowest BCUT2D eigenvalue weighted by atomic mass is 10.0. The first-order valence-corrected chi connectivity index (χ1v) is 8.70. The third-order valence-corrected chi connectivity index (χ3v) is 4.99. The molecule has 0 unspecified atom stereocenters. The molecule has 0 aliphatic carbocycles. The average Bonchev–Trinajstić information content (AvgIpc) is 2.97. The molecule has 0 radical (unpaired) electrons. The molecule has 4 rings (SSSR count). The van der Waals surface area contributed by atoms with Crippen LogP contribution >= 0.6 is 11.6 Å². The lowest BCUT2D eigenvalue weighted by molar-refractivity contribution is 0.502. The van der Waals surface area contributed by atoms with Gasteiger partial charge in [0.2, 0.25) is 0 Å². The van der Waals surface area contributed by atoms with Gasteiger partial charge >= 0.3 is 0 Å². The Balaban J connectivity index is 1.86. The number of rotatable bonds is 3. The van der Waals surface area contributed by atoms with Gasteiger partial charge in [-0.1, -0.05) is 29.8 Å². The maximum absolute atomic E-state index is 12.4. The fourth-order valence-electron chi connectivity index (χ4n) is 3.43. The van der Waals surface area contributed by atoms with Gasteiger partial charge in [-0.05, 0) is 24.5 Å². The Bertz CT molecular complexity index is 965. The van der Waals surface area contributed by atoms with Gasteiger partial charge < -0.3 is 10.6 Å². The van der Waals surface area contributed by atoms with Crippen LogP contribution in [0.3, 0.4) is 0 Å². The van der Waals surface area contributed by atoms with Crippen molar-refractivity contribution in [3.63, 3.8) is 0 Å². The summed E-state index contributed by atoms with van der Waals surface area (Å²) >= 11 is 6.33. The van der Waals surface area contributed by atoms with E-state index >= 15 is 0 Å². The van der Waals surface area contributed by atoms with Crippen LogP contribution in [0.5, 0.6) is 0 Å². The van der Waals surface area contributed by atoms with E-state index < -0.39 is 0 Å². The van der Waals surface area contributed by atoms with Gasteiger partial charge in [-0.2, -0.15) is 5.10 Å².